The third-order valence-electron chi connectivity index (χ3n) is 4.42. The van der Waals surface area contributed by atoms with Crippen LogP contribution in [0.5, 0.6) is 5.75 Å². The van der Waals surface area contributed by atoms with E-state index in [1.165, 1.54) is 30.2 Å². The van der Waals surface area contributed by atoms with E-state index in [2.05, 4.69) is 10.3 Å². The molecule has 3 aromatic rings. The lowest BCUT2D eigenvalue weighted by Gasteiger charge is -2.08. The van der Waals surface area contributed by atoms with E-state index in [-0.39, 0.29) is 18.3 Å². The largest absolute Gasteiger partial charge is 0.489 e. The summed E-state index contributed by atoms with van der Waals surface area (Å²) in [4.78, 5) is 16.6. The molecule has 1 aliphatic rings. The molecule has 0 bridgehead atoms. The number of rotatable bonds is 7. The number of aromatic nitrogens is 1. The van der Waals surface area contributed by atoms with E-state index in [1.54, 1.807) is 23.6 Å². The molecule has 1 heterocycles. The Hall–Kier alpha value is -2.73. The molecule has 27 heavy (non-hydrogen) atoms. The summed E-state index contributed by atoms with van der Waals surface area (Å²) in [5.41, 5.74) is 1.81. The molecule has 1 amide bonds. The molecule has 0 unspecified atom stereocenters. The molecule has 1 N–H and O–H groups in total. The van der Waals surface area contributed by atoms with Crippen molar-refractivity contribution >= 4 is 17.2 Å². The lowest BCUT2D eigenvalue weighted by atomic mass is 10.2. The molecule has 0 aliphatic heterocycles. The number of nitrogens with one attached hydrogen (secondary N) is 1. The van der Waals surface area contributed by atoms with Crippen LogP contribution in [0.3, 0.4) is 0 Å². The predicted octanol–water partition coefficient (Wildman–Crippen LogP) is 4.67. The van der Waals surface area contributed by atoms with Crippen LogP contribution < -0.4 is 10.1 Å². The minimum atomic E-state index is -0.282. The Bertz CT molecular complexity index is 953. The van der Waals surface area contributed by atoms with Gasteiger partial charge >= 0.3 is 0 Å². The molecule has 4 nitrogen and oxygen atoms in total. The van der Waals surface area contributed by atoms with E-state index in [1.807, 2.05) is 24.3 Å². The molecule has 6 heteroatoms. The van der Waals surface area contributed by atoms with E-state index in [4.69, 9.17) is 4.74 Å². The number of nitrogens with zero attached hydrogens (tertiary/aromatic N) is 1. The second kappa shape index (κ2) is 7.88. The van der Waals surface area contributed by atoms with Crippen molar-refractivity contribution in [3.63, 3.8) is 0 Å². The summed E-state index contributed by atoms with van der Waals surface area (Å²) >= 11 is 1.42. The molecule has 1 fully saturated rings. The topological polar surface area (TPSA) is 51.2 Å². The molecule has 2 aromatic carbocycles. The standard InChI is InChI=1S/C21H19FN2O2S/c22-18-7-2-1-4-16(18)12-26-17-6-3-5-15(10-17)21-24-19(13-27-21)20(25)23-11-14-8-9-14/h1-7,10,13-14H,8-9,11-12H2,(H,23,25). The van der Waals surface area contributed by atoms with Gasteiger partial charge in [-0.3, -0.25) is 4.79 Å². The highest BCUT2D eigenvalue weighted by Crippen LogP contribution is 2.29. The molecule has 0 atom stereocenters. The van der Waals surface area contributed by atoms with E-state index in [0.717, 1.165) is 17.1 Å². The lowest BCUT2D eigenvalue weighted by Crippen LogP contribution is -2.25. The highest BCUT2D eigenvalue weighted by Gasteiger charge is 2.22. The minimum absolute atomic E-state index is 0.128. The Labute approximate surface area is 161 Å². The number of ether oxygens (including phenoxy) is 1. The van der Waals surface area contributed by atoms with Gasteiger partial charge < -0.3 is 10.1 Å². The van der Waals surface area contributed by atoms with Gasteiger partial charge in [0.25, 0.3) is 5.91 Å². The Morgan fingerprint density at radius 2 is 2.07 bits per heavy atom. The van der Waals surface area contributed by atoms with E-state index >= 15 is 0 Å². The van der Waals surface area contributed by atoms with Gasteiger partial charge in [-0.2, -0.15) is 0 Å². The number of hydrogen-bond acceptors (Lipinski definition) is 4. The molecule has 1 aliphatic carbocycles. The summed E-state index contributed by atoms with van der Waals surface area (Å²) in [6, 6.07) is 14.0. The zero-order valence-corrected chi connectivity index (χ0v) is 15.5. The Morgan fingerprint density at radius 1 is 1.22 bits per heavy atom. The highest BCUT2D eigenvalue weighted by atomic mass is 32.1. The van der Waals surface area contributed by atoms with Crippen molar-refractivity contribution in [3.8, 4) is 16.3 Å². The summed E-state index contributed by atoms with van der Waals surface area (Å²) in [6.07, 6.45) is 2.39. The van der Waals surface area contributed by atoms with E-state index < -0.39 is 0 Å². The van der Waals surface area contributed by atoms with Crippen LogP contribution in [0.2, 0.25) is 0 Å². The summed E-state index contributed by atoms with van der Waals surface area (Å²) in [6.45, 7) is 0.883. The number of benzene rings is 2. The van der Waals surface area contributed by atoms with Crippen LogP contribution in [0.25, 0.3) is 10.6 Å². The van der Waals surface area contributed by atoms with Crippen LogP contribution in [-0.4, -0.2) is 17.4 Å². The second-order valence-electron chi connectivity index (χ2n) is 6.60. The third-order valence-corrected chi connectivity index (χ3v) is 5.31. The van der Waals surface area contributed by atoms with Gasteiger partial charge in [0.15, 0.2) is 0 Å². The Balaban J connectivity index is 1.42. The Morgan fingerprint density at radius 3 is 2.89 bits per heavy atom. The van der Waals surface area contributed by atoms with Crippen molar-refractivity contribution in [1.29, 1.82) is 0 Å². The molecular weight excluding hydrogens is 363 g/mol. The summed E-state index contributed by atoms with van der Waals surface area (Å²) in [5.74, 6) is 0.854. The van der Waals surface area contributed by atoms with Crippen molar-refractivity contribution in [1.82, 2.24) is 10.3 Å². The van der Waals surface area contributed by atoms with Crippen molar-refractivity contribution in [2.45, 2.75) is 19.4 Å². The predicted molar refractivity (Wildman–Crippen MR) is 103 cm³/mol. The van der Waals surface area contributed by atoms with Gasteiger partial charge in [0.05, 0.1) is 0 Å². The van der Waals surface area contributed by atoms with Crippen molar-refractivity contribution < 1.29 is 13.9 Å². The maximum absolute atomic E-state index is 13.7. The second-order valence-corrected chi connectivity index (χ2v) is 7.46. The van der Waals surface area contributed by atoms with Crippen LogP contribution >= 0.6 is 11.3 Å². The number of halogens is 1. The average molecular weight is 382 g/mol. The average Bonchev–Trinajstić information content (AvgIpc) is 3.39. The van der Waals surface area contributed by atoms with E-state index in [9.17, 15) is 9.18 Å². The lowest BCUT2D eigenvalue weighted by molar-refractivity contribution is 0.0947. The van der Waals surface area contributed by atoms with Gasteiger partial charge in [0.2, 0.25) is 0 Å². The first-order valence-electron chi connectivity index (χ1n) is 8.89. The first-order chi connectivity index (χ1) is 13.2. The van der Waals surface area contributed by atoms with Gasteiger partial charge in [-0.05, 0) is 37.0 Å². The molecule has 0 radical (unpaired) electrons. The minimum Gasteiger partial charge on any atom is -0.489 e. The van der Waals surface area contributed by atoms with Crippen LogP contribution in [0, 0.1) is 11.7 Å². The molecule has 138 valence electrons. The first kappa shape index (κ1) is 17.7. The molecular formula is C21H19FN2O2S. The number of carbonyl (C=O) groups is 1. The fourth-order valence-corrected chi connectivity index (χ4v) is 3.45. The van der Waals surface area contributed by atoms with Crippen LogP contribution in [0.4, 0.5) is 4.39 Å². The number of hydrogen-bond donors (Lipinski definition) is 1. The van der Waals surface area contributed by atoms with Crippen LogP contribution in [0.15, 0.2) is 53.9 Å². The van der Waals surface area contributed by atoms with Crippen molar-refractivity contribution in [2.75, 3.05) is 6.54 Å². The molecule has 4 rings (SSSR count). The number of carbonyl (C=O) groups excluding carboxylic acids is 1. The van der Waals surface area contributed by atoms with Gasteiger partial charge in [-0.1, -0.05) is 30.3 Å². The van der Waals surface area contributed by atoms with Crippen LogP contribution in [-0.2, 0) is 6.61 Å². The fourth-order valence-electron chi connectivity index (χ4n) is 2.66. The highest BCUT2D eigenvalue weighted by molar-refractivity contribution is 7.13. The quantitative estimate of drug-likeness (QED) is 0.646. The normalized spacial score (nSPS) is 13.4. The SMILES string of the molecule is O=C(NCC1CC1)c1csc(-c2cccc(OCc3ccccc3F)c2)n1. The number of thiazole rings is 1. The maximum Gasteiger partial charge on any atom is 0.270 e. The van der Waals surface area contributed by atoms with Crippen LogP contribution in [0.1, 0.15) is 28.9 Å². The molecule has 0 spiro atoms. The smallest absolute Gasteiger partial charge is 0.270 e. The van der Waals surface area contributed by atoms with Gasteiger partial charge in [-0.25, -0.2) is 9.37 Å². The van der Waals surface area contributed by atoms with E-state index in [0.29, 0.717) is 22.9 Å². The fraction of sp³-hybridized carbons (Fsp3) is 0.238. The van der Waals surface area contributed by atoms with Crippen molar-refractivity contribution in [2.24, 2.45) is 5.92 Å². The first-order valence-corrected chi connectivity index (χ1v) is 9.77. The van der Waals surface area contributed by atoms with Gasteiger partial charge in [0, 0.05) is 23.1 Å². The summed E-state index contributed by atoms with van der Waals surface area (Å²) in [5, 5.41) is 5.45. The molecule has 1 aromatic heterocycles. The van der Waals surface area contributed by atoms with Crippen molar-refractivity contribution in [3.05, 3.63) is 71.0 Å². The monoisotopic (exact) mass is 382 g/mol. The summed E-state index contributed by atoms with van der Waals surface area (Å²) < 4.78 is 19.4. The zero-order chi connectivity index (χ0) is 18.6. The zero-order valence-electron chi connectivity index (χ0n) is 14.7. The third kappa shape index (κ3) is 4.52. The number of amides is 1. The van der Waals surface area contributed by atoms with Gasteiger partial charge in [0.1, 0.15) is 28.9 Å². The molecule has 0 saturated heterocycles. The Kier molecular flexibility index (Phi) is 5.16. The maximum atomic E-state index is 13.7. The van der Waals surface area contributed by atoms with Gasteiger partial charge in [-0.15, -0.1) is 11.3 Å². The molecule has 1 saturated carbocycles. The summed E-state index contributed by atoms with van der Waals surface area (Å²) in [7, 11) is 0.